The minimum Gasteiger partial charge on any atom is -0.506 e. The summed E-state index contributed by atoms with van der Waals surface area (Å²) in [5.74, 6) is -2.50. The van der Waals surface area contributed by atoms with Crippen LogP contribution in [0.15, 0.2) is 18.2 Å². The van der Waals surface area contributed by atoms with Crippen molar-refractivity contribution in [2.75, 3.05) is 13.2 Å². The number of ether oxygens (including phenoxy) is 3. The Morgan fingerprint density at radius 1 is 0.891 bits per heavy atom. The standard InChI is InChI=1S/C35H50NO9P/c1-22-18-29(44-35(45-46(40)41,20-42-31(38)33(4,5)6)21-43-32(39)34(7,8)9)24(3)23(2)27(22)19-26-16-17-28(37)30(36-26)25-14-12-10-11-13-15-25/h16-18,25H,10-15,19-21H2,1-9H3,(H-,37,40,41)/p+1. The molecule has 1 aliphatic rings. The normalized spacial score (nSPS) is 15.2. The van der Waals surface area contributed by atoms with Gasteiger partial charge in [0.05, 0.1) is 16.5 Å². The smallest absolute Gasteiger partial charge is 0.506 e. The first kappa shape index (κ1) is 37.4. The van der Waals surface area contributed by atoms with Gasteiger partial charge in [-0.1, -0.05) is 30.2 Å². The summed E-state index contributed by atoms with van der Waals surface area (Å²) in [6.07, 6.45) is 7.25. The first-order chi connectivity index (χ1) is 21.3. The largest absolute Gasteiger partial charge is 0.699 e. The lowest BCUT2D eigenvalue weighted by Crippen LogP contribution is -2.49. The number of rotatable bonds is 11. The second-order valence-corrected chi connectivity index (χ2v) is 15.1. The van der Waals surface area contributed by atoms with Crippen LogP contribution in [0.5, 0.6) is 11.5 Å². The number of hydrogen-bond acceptors (Lipinski definition) is 9. The zero-order valence-corrected chi connectivity index (χ0v) is 29.7. The summed E-state index contributed by atoms with van der Waals surface area (Å²) < 4.78 is 34.7. The van der Waals surface area contributed by atoms with Gasteiger partial charge in [-0.3, -0.25) is 14.6 Å². The van der Waals surface area contributed by atoms with E-state index in [1.807, 2.05) is 26.8 Å². The number of pyridine rings is 1. The molecule has 0 radical (unpaired) electrons. The molecule has 1 aromatic heterocycles. The van der Waals surface area contributed by atoms with Crippen LogP contribution in [0.2, 0.25) is 0 Å². The van der Waals surface area contributed by atoms with E-state index in [-0.39, 0.29) is 11.7 Å². The first-order valence-corrected chi connectivity index (χ1v) is 17.1. The third kappa shape index (κ3) is 9.96. The molecule has 46 heavy (non-hydrogen) atoms. The number of aromatic hydroxyl groups is 1. The van der Waals surface area contributed by atoms with E-state index in [1.165, 1.54) is 12.8 Å². The summed E-state index contributed by atoms with van der Waals surface area (Å²) in [5.41, 5.74) is 3.36. The molecular weight excluding hydrogens is 609 g/mol. The molecule has 1 fully saturated rings. The van der Waals surface area contributed by atoms with Gasteiger partial charge in [-0.15, -0.1) is 4.89 Å². The van der Waals surface area contributed by atoms with Crippen LogP contribution in [0.1, 0.15) is 120 Å². The maximum absolute atomic E-state index is 12.7. The Balaban J connectivity index is 1.98. The van der Waals surface area contributed by atoms with E-state index >= 15 is 0 Å². The molecule has 0 amide bonds. The molecule has 0 bridgehead atoms. The molecule has 0 aliphatic heterocycles. The molecule has 1 atom stereocenters. The molecule has 10 nitrogen and oxygen atoms in total. The fourth-order valence-corrected chi connectivity index (χ4v) is 5.85. The fraction of sp³-hybridized carbons (Fsp3) is 0.629. The van der Waals surface area contributed by atoms with E-state index in [1.54, 1.807) is 53.7 Å². The topological polar surface area (TPSA) is 141 Å². The Bertz CT molecular complexity index is 1390. The summed E-state index contributed by atoms with van der Waals surface area (Å²) in [6, 6.07) is 5.36. The number of aryl methyl sites for hydroxylation is 1. The third-order valence-corrected chi connectivity index (χ3v) is 8.87. The molecule has 11 heteroatoms. The molecule has 1 aromatic carbocycles. The van der Waals surface area contributed by atoms with Crippen molar-refractivity contribution in [3.05, 3.63) is 51.8 Å². The van der Waals surface area contributed by atoms with Crippen LogP contribution < -0.4 is 4.74 Å². The fourth-order valence-electron chi connectivity index (χ4n) is 5.42. The second kappa shape index (κ2) is 15.2. The molecule has 254 valence electrons. The van der Waals surface area contributed by atoms with Crippen molar-refractivity contribution >= 4 is 20.2 Å². The molecule has 1 aliphatic carbocycles. The van der Waals surface area contributed by atoms with Gasteiger partial charge in [0.15, 0.2) is 13.2 Å². The van der Waals surface area contributed by atoms with Gasteiger partial charge in [0.1, 0.15) is 11.5 Å². The van der Waals surface area contributed by atoms with E-state index in [0.717, 1.165) is 53.8 Å². The number of aromatic nitrogens is 1. The van der Waals surface area contributed by atoms with Gasteiger partial charge in [0.2, 0.25) is 0 Å². The monoisotopic (exact) mass is 660 g/mol. The summed E-state index contributed by atoms with van der Waals surface area (Å²) >= 11 is 0. The van der Waals surface area contributed by atoms with Gasteiger partial charge in [-0.25, -0.2) is 0 Å². The van der Waals surface area contributed by atoms with Gasteiger partial charge >= 0.3 is 26.0 Å². The highest BCUT2D eigenvalue weighted by atomic mass is 31.1. The molecule has 1 unspecified atom stereocenters. The number of hydrogen-bond donors (Lipinski definition) is 2. The van der Waals surface area contributed by atoms with Crippen molar-refractivity contribution < 1.29 is 42.9 Å². The lowest BCUT2D eigenvalue weighted by atomic mass is 9.92. The number of carbonyl (C=O) groups excluding carboxylic acids is 2. The summed E-state index contributed by atoms with van der Waals surface area (Å²) in [4.78, 5) is 40.2. The predicted octanol–water partition coefficient (Wildman–Crippen LogP) is 7.66. The van der Waals surface area contributed by atoms with Crippen molar-refractivity contribution in [1.29, 1.82) is 0 Å². The SMILES string of the molecule is Cc1cc(OC(COC(=O)C(C)(C)C)(COC(=O)C(C)(C)C)O[P+](=O)O)c(C)c(C)c1Cc1ccc(O)c(C2CCCCCC2)n1. The lowest BCUT2D eigenvalue weighted by molar-refractivity contribution is -0.206. The van der Waals surface area contributed by atoms with Gasteiger partial charge in [0, 0.05) is 22.6 Å². The number of nitrogens with zero attached hydrogens (tertiary/aromatic N) is 1. The van der Waals surface area contributed by atoms with Crippen molar-refractivity contribution in [2.45, 2.75) is 119 Å². The molecule has 0 saturated heterocycles. The quantitative estimate of drug-likeness (QED) is 0.107. The number of esters is 2. The van der Waals surface area contributed by atoms with Crippen LogP contribution in [0.3, 0.4) is 0 Å². The third-order valence-electron chi connectivity index (χ3n) is 8.38. The minimum atomic E-state index is -3.27. The molecule has 3 rings (SSSR count). The Labute approximate surface area is 274 Å². The number of carbonyl (C=O) groups is 2. The second-order valence-electron chi connectivity index (χ2n) is 14.5. The Morgan fingerprint density at radius 3 is 1.93 bits per heavy atom. The maximum Gasteiger partial charge on any atom is 0.699 e. The van der Waals surface area contributed by atoms with Gasteiger partial charge < -0.3 is 19.3 Å². The molecule has 2 aromatic rings. The highest BCUT2D eigenvalue weighted by molar-refractivity contribution is 7.32. The summed E-state index contributed by atoms with van der Waals surface area (Å²) in [7, 11) is -3.27. The minimum absolute atomic E-state index is 0.238. The molecular formula is C35H51NO9P+. The average Bonchev–Trinajstić information content (AvgIpc) is 3.24. The van der Waals surface area contributed by atoms with Crippen LogP contribution in [0.25, 0.3) is 0 Å². The van der Waals surface area contributed by atoms with Crippen LogP contribution in [-0.4, -0.2) is 45.9 Å². The molecule has 1 saturated carbocycles. The van der Waals surface area contributed by atoms with Gasteiger partial charge in [-0.05, 0) is 116 Å². The Hall–Kier alpha value is -3.07. The van der Waals surface area contributed by atoms with Crippen LogP contribution in [0, 0.1) is 31.6 Å². The van der Waals surface area contributed by atoms with Crippen LogP contribution in [0.4, 0.5) is 0 Å². The van der Waals surface area contributed by atoms with Gasteiger partial charge in [-0.2, -0.15) is 0 Å². The van der Waals surface area contributed by atoms with Crippen molar-refractivity contribution in [3.63, 3.8) is 0 Å². The molecule has 2 N–H and O–H groups in total. The van der Waals surface area contributed by atoms with Crippen molar-refractivity contribution in [2.24, 2.45) is 10.8 Å². The average molecular weight is 661 g/mol. The van der Waals surface area contributed by atoms with E-state index in [4.69, 9.17) is 23.7 Å². The van der Waals surface area contributed by atoms with E-state index in [2.05, 4.69) is 0 Å². The number of benzene rings is 1. The molecule has 1 heterocycles. The highest BCUT2D eigenvalue weighted by Crippen LogP contribution is 2.38. The zero-order chi connectivity index (χ0) is 34.4. The summed E-state index contributed by atoms with van der Waals surface area (Å²) in [5, 5.41) is 10.7. The van der Waals surface area contributed by atoms with Crippen molar-refractivity contribution in [3.8, 4) is 11.5 Å². The Kier molecular flexibility index (Phi) is 12.4. The first-order valence-electron chi connectivity index (χ1n) is 16.0. The molecule has 0 spiro atoms. The van der Waals surface area contributed by atoms with Crippen LogP contribution in [-0.2, 0) is 34.6 Å². The van der Waals surface area contributed by atoms with Gasteiger partial charge in [0.25, 0.3) is 0 Å². The highest BCUT2D eigenvalue weighted by Gasteiger charge is 2.48. The van der Waals surface area contributed by atoms with Crippen LogP contribution >= 0.6 is 8.25 Å². The van der Waals surface area contributed by atoms with E-state index in [0.29, 0.717) is 17.7 Å². The Morgan fingerprint density at radius 2 is 1.43 bits per heavy atom. The zero-order valence-electron chi connectivity index (χ0n) is 28.8. The lowest BCUT2D eigenvalue weighted by Gasteiger charge is -2.31. The predicted molar refractivity (Wildman–Crippen MR) is 175 cm³/mol. The maximum atomic E-state index is 12.7. The summed E-state index contributed by atoms with van der Waals surface area (Å²) in [6.45, 7) is 14.5. The van der Waals surface area contributed by atoms with E-state index < -0.39 is 50.0 Å². The van der Waals surface area contributed by atoms with Crippen molar-refractivity contribution in [1.82, 2.24) is 4.98 Å². The van der Waals surface area contributed by atoms with E-state index in [9.17, 15) is 24.2 Å².